The van der Waals surface area contributed by atoms with Crippen molar-refractivity contribution in [3.8, 4) is 0 Å². The van der Waals surface area contributed by atoms with E-state index in [1.165, 1.54) is 0 Å². The lowest BCUT2D eigenvalue weighted by atomic mass is 9.96. The Morgan fingerprint density at radius 1 is 1.41 bits per heavy atom. The van der Waals surface area contributed by atoms with Crippen molar-refractivity contribution in [1.29, 1.82) is 0 Å². The fraction of sp³-hybridized carbons (Fsp3) is 0.273. The lowest BCUT2D eigenvalue weighted by Gasteiger charge is -2.15. The zero-order valence-corrected chi connectivity index (χ0v) is 9.48. The van der Waals surface area contributed by atoms with Crippen LogP contribution in [0.3, 0.4) is 0 Å². The van der Waals surface area contributed by atoms with E-state index in [1.54, 1.807) is 24.3 Å². The Balaban J connectivity index is 2.22. The Hall–Kier alpha value is -1.75. The van der Waals surface area contributed by atoms with Crippen LogP contribution in [0.1, 0.15) is 11.5 Å². The number of hydrogen-bond donors (Lipinski definition) is 2. The first kappa shape index (κ1) is 11.7. The van der Waals surface area contributed by atoms with E-state index in [2.05, 4.69) is 10.1 Å². The first-order valence-electron chi connectivity index (χ1n) is 5.00. The zero-order chi connectivity index (χ0) is 12.4. The zero-order valence-electron chi connectivity index (χ0n) is 8.72. The van der Waals surface area contributed by atoms with Crippen LogP contribution >= 0.6 is 11.6 Å². The molecule has 1 aromatic carbocycles. The summed E-state index contributed by atoms with van der Waals surface area (Å²) in [5.74, 6) is -0.719. The van der Waals surface area contributed by atoms with Crippen molar-refractivity contribution in [3.63, 3.8) is 0 Å². The Labute approximate surface area is 102 Å². The molecule has 1 fully saturated rings. The minimum atomic E-state index is -1.45. The number of carbonyl (C=O) groups is 2. The number of carboxylic acid groups (broad SMARTS) is 1. The second kappa shape index (κ2) is 4.63. The monoisotopic (exact) mass is 255 g/mol. The van der Waals surface area contributed by atoms with Crippen molar-refractivity contribution >= 4 is 23.7 Å². The molecule has 5 nitrogen and oxygen atoms in total. The summed E-state index contributed by atoms with van der Waals surface area (Å²) in [6.45, 7) is 0.360. The van der Waals surface area contributed by atoms with Gasteiger partial charge in [0.25, 0.3) is 5.91 Å². The number of ether oxygens (including phenoxy) is 1. The highest BCUT2D eigenvalue weighted by atomic mass is 35.5. The van der Waals surface area contributed by atoms with Crippen molar-refractivity contribution in [3.05, 3.63) is 34.9 Å². The fourth-order valence-electron chi connectivity index (χ4n) is 1.85. The summed E-state index contributed by atoms with van der Waals surface area (Å²) in [6, 6.07) is 6.89. The molecule has 2 atom stereocenters. The third kappa shape index (κ3) is 2.50. The maximum atomic E-state index is 11.4. The van der Waals surface area contributed by atoms with Crippen molar-refractivity contribution in [2.45, 2.75) is 12.0 Å². The van der Waals surface area contributed by atoms with Crippen LogP contribution in [-0.4, -0.2) is 29.8 Å². The van der Waals surface area contributed by atoms with Gasteiger partial charge in [0.15, 0.2) is 6.10 Å². The smallest absolute Gasteiger partial charge is 0.450 e. The average Bonchev–Trinajstić information content (AvgIpc) is 2.61. The van der Waals surface area contributed by atoms with Crippen LogP contribution in [0.4, 0.5) is 4.79 Å². The van der Waals surface area contributed by atoms with Gasteiger partial charge in [-0.15, -0.1) is 0 Å². The van der Waals surface area contributed by atoms with Crippen LogP contribution in [0.25, 0.3) is 0 Å². The molecule has 0 bridgehead atoms. The third-order valence-electron chi connectivity index (χ3n) is 2.65. The number of benzene rings is 1. The standard InChI is InChI=1S/C11H10ClNO4/c12-7-3-1-6(2-4-7)8-5-13-10(14)9(8)17-11(15)16/h1-4,8-9H,5H2,(H,13,14)(H,15,16)/t8-,9-/m0/s1. The summed E-state index contributed by atoms with van der Waals surface area (Å²) in [6.07, 6.45) is -2.44. The minimum Gasteiger partial charge on any atom is -0.450 e. The summed E-state index contributed by atoms with van der Waals surface area (Å²) < 4.78 is 4.59. The van der Waals surface area contributed by atoms with Crippen LogP contribution in [0, 0.1) is 0 Å². The molecular formula is C11H10ClNO4. The molecule has 0 spiro atoms. The van der Waals surface area contributed by atoms with Gasteiger partial charge in [-0.1, -0.05) is 23.7 Å². The van der Waals surface area contributed by atoms with E-state index in [9.17, 15) is 9.59 Å². The molecule has 2 rings (SSSR count). The van der Waals surface area contributed by atoms with Crippen molar-refractivity contribution < 1.29 is 19.4 Å². The van der Waals surface area contributed by atoms with Crippen LogP contribution in [0.5, 0.6) is 0 Å². The molecule has 6 heteroatoms. The number of nitrogens with one attached hydrogen (secondary N) is 1. The van der Waals surface area contributed by atoms with E-state index in [4.69, 9.17) is 16.7 Å². The summed E-state index contributed by atoms with van der Waals surface area (Å²) in [7, 11) is 0. The lowest BCUT2D eigenvalue weighted by Crippen LogP contribution is -2.29. The first-order valence-corrected chi connectivity index (χ1v) is 5.38. The first-order chi connectivity index (χ1) is 8.08. The molecule has 0 radical (unpaired) electrons. The highest BCUT2D eigenvalue weighted by molar-refractivity contribution is 6.30. The number of carbonyl (C=O) groups excluding carboxylic acids is 1. The molecule has 1 amide bonds. The molecular weight excluding hydrogens is 246 g/mol. The SMILES string of the molecule is O=C(O)O[C@@H]1C(=O)NC[C@H]1c1ccc(Cl)cc1. The van der Waals surface area contributed by atoms with Gasteiger partial charge in [0.1, 0.15) is 0 Å². The van der Waals surface area contributed by atoms with Gasteiger partial charge in [-0.25, -0.2) is 4.79 Å². The van der Waals surface area contributed by atoms with Gasteiger partial charge in [0.05, 0.1) is 0 Å². The highest BCUT2D eigenvalue weighted by Crippen LogP contribution is 2.27. The molecule has 0 aliphatic carbocycles. The van der Waals surface area contributed by atoms with E-state index >= 15 is 0 Å². The quantitative estimate of drug-likeness (QED) is 0.788. The van der Waals surface area contributed by atoms with E-state index in [-0.39, 0.29) is 5.92 Å². The van der Waals surface area contributed by atoms with Gasteiger partial charge in [-0.05, 0) is 17.7 Å². The predicted octanol–water partition coefficient (Wildman–Crippen LogP) is 1.62. The normalized spacial score (nSPS) is 23.2. The molecule has 1 aliphatic heterocycles. The summed E-state index contributed by atoms with van der Waals surface area (Å²) in [5.41, 5.74) is 0.819. The topological polar surface area (TPSA) is 75.6 Å². The maximum absolute atomic E-state index is 11.4. The highest BCUT2D eigenvalue weighted by Gasteiger charge is 2.38. The lowest BCUT2D eigenvalue weighted by molar-refractivity contribution is -0.127. The Bertz CT molecular complexity index is 445. The Morgan fingerprint density at radius 3 is 2.65 bits per heavy atom. The van der Waals surface area contributed by atoms with Gasteiger partial charge in [0.2, 0.25) is 0 Å². The molecule has 90 valence electrons. The number of rotatable bonds is 2. The molecule has 0 aromatic heterocycles. The van der Waals surface area contributed by atoms with Crippen LogP contribution in [0.15, 0.2) is 24.3 Å². The van der Waals surface area contributed by atoms with E-state index < -0.39 is 18.2 Å². The third-order valence-corrected chi connectivity index (χ3v) is 2.90. The van der Waals surface area contributed by atoms with Gasteiger partial charge in [-0.3, -0.25) is 4.79 Å². The molecule has 17 heavy (non-hydrogen) atoms. The van der Waals surface area contributed by atoms with Gasteiger partial charge >= 0.3 is 6.16 Å². The average molecular weight is 256 g/mol. The predicted molar refractivity (Wildman–Crippen MR) is 60.1 cm³/mol. The van der Waals surface area contributed by atoms with Crippen LogP contribution < -0.4 is 5.32 Å². The molecule has 2 N–H and O–H groups in total. The molecule has 0 saturated carbocycles. The van der Waals surface area contributed by atoms with Crippen molar-refractivity contribution in [1.82, 2.24) is 5.32 Å². The van der Waals surface area contributed by atoms with Crippen LogP contribution in [0.2, 0.25) is 5.02 Å². The fourth-order valence-corrected chi connectivity index (χ4v) is 1.97. The summed E-state index contributed by atoms with van der Waals surface area (Å²) >= 11 is 5.76. The van der Waals surface area contributed by atoms with Crippen molar-refractivity contribution in [2.24, 2.45) is 0 Å². The van der Waals surface area contributed by atoms with Gasteiger partial charge in [-0.2, -0.15) is 0 Å². The van der Waals surface area contributed by atoms with Gasteiger partial charge in [0, 0.05) is 17.5 Å². The molecule has 1 aliphatic rings. The summed E-state index contributed by atoms with van der Waals surface area (Å²) in [4.78, 5) is 21.9. The minimum absolute atomic E-state index is 0.309. The molecule has 1 saturated heterocycles. The Morgan fingerprint density at radius 2 is 2.06 bits per heavy atom. The summed E-state index contributed by atoms with van der Waals surface area (Å²) in [5, 5.41) is 11.7. The van der Waals surface area contributed by atoms with Crippen LogP contribution in [-0.2, 0) is 9.53 Å². The second-order valence-corrected chi connectivity index (χ2v) is 4.14. The maximum Gasteiger partial charge on any atom is 0.506 e. The van der Waals surface area contributed by atoms with E-state index in [0.29, 0.717) is 11.6 Å². The number of hydrogen-bond acceptors (Lipinski definition) is 3. The largest absolute Gasteiger partial charge is 0.506 e. The molecule has 1 heterocycles. The molecule has 1 aromatic rings. The number of halogens is 1. The molecule has 0 unspecified atom stereocenters. The Kier molecular flexibility index (Phi) is 3.19. The number of amides is 1. The van der Waals surface area contributed by atoms with Crippen molar-refractivity contribution in [2.75, 3.05) is 6.54 Å². The van der Waals surface area contributed by atoms with Gasteiger partial charge < -0.3 is 15.2 Å². The second-order valence-electron chi connectivity index (χ2n) is 3.71. The van der Waals surface area contributed by atoms with E-state index in [1.807, 2.05) is 0 Å². The van der Waals surface area contributed by atoms with E-state index in [0.717, 1.165) is 5.56 Å².